The van der Waals surface area contributed by atoms with E-state index in [1.165, 1.54) is 16.5 Å². The van der Waals surface area contributed by atoms with Crippen LogP contribution in [0.2, 0.25) is 0 Å². The second-order valence-corrected chi connectivity index (χ2v) is 6.98. The molecule has 2 aliphatic rings. The van der Waals surface area contributed by atoms with Gasteiger partial charge in [0.25, 0.3) is 0 Å². The Morgan fingerprint density at radius 2 is 1.77 bits per heavy atom. The number of rotatable bonds is 2. The fourth-order valence-corrected chi connectivity index (χ4v) is 4.14. The van der Waals surface area contributed by atoms with Crippen molar-refractivity contribution in [2.45, 2.75) is 57.3 Å². The summed E-state index contributed by atoms with van der Waals surface area (Å²) >= 11 is 0. The molecule has 4 rings (SSSR count). The van der Waals surface area contributed by atoms with E-state index in [0.29, 0.717) is 12.0 Å². The van der Waals surface area contributed by atoms with Gasteiger partial charge in [0.1, 0.15) is 0 Å². The largest absolute Gasteiger partial charge is 0.348 e. The quantitative estimate of drug-likeness (QED) is 0.807. The van der Waals surface area contributed by atoms with Crippen LogP contribution >= 0.6 is 0 Å². The molecule has 2 aromatic rings. The Hall–Kier alpha value is -1.32. The predicted molar refractivity (Wildman–Crippen MR) is 88.2 cm³/mol. The van der Waals surface area contributed by atoms with Crippen molar-refractivity contribution < 1.29 is 9.47 Å². The van der Waals surface area contributed by atoms with Gasteiger partial charge in [-0.3, -0.25) is 0 Å². The molecule has 1 saturated carbocycles. The maximum atomic E-state index is 5.87. The van der Waals surface area contributed by atoms with Crippen molar-refractivity contribution in [3.05, 3.63) is 36.0 Å². The third kappa shape index (κ3) is 2.27. The Balaban J connectivity index is 1.64. The van der Waals surface area contributed by atoms with Crippen LogP contribution in [0.4, 0.5) is 0 Å². The van der Waals surface area contributed by atoms with E-state index in [4.69, 9.17) is 9.47 Å². The molecule has 2 fully saturated rings. The molecule has 0 radical (unpaired) electrons. The third-order valence-corrected chi connectivity index (χ3v) is 5.33. The minimum absolute atomic E-state index is 0.257. The van der Waals surface area contributed by atoms with Gasteiger partial charge in [-0.05, 0) is 44.2 Å². The standard InChI is InChI=1S/C19H25NO2/c1-14(2)20-13-17(16-5-3-4-6-18(16)20)15-7-9-19(10-8-15)21-11-12-22-19/h3-6,13-15H,7-12H2,1-2H3. The van der Waals surface area contributed by atoms with Crippen molar-refractivity contribution in [3.63, 3.8) is 0 Å². The molecule has 22 heavy (non-hydrogen) atoms. The van der Waals surface area contributed by atoms with Gasteiger partial charge in [0.15, 0.2) is 5.79 Å². The lowest BCUT2D eigenvalue weighted by Gasteiger charge is -2.35. The van der Waals surface area contributed by atoms with Crippen LogP contribution in [0.25, 0.3) is 10.9 Å². The number of fused-ring (bicyclic) bond motifs is 1. The first-order valence-electron chi connectivity index (χ1n) is 8.56. The van der Waals surface area contributed by atoms with E-state index in [2.05, 4.69) is 48.9 Å². The molecule has 1 aromatic carbocycles. The van der Waals surface area contributed by atoms with Crippen molar-refractivity contribution >= 4 is 10.9 Å². The molecule has 1 spiro atoms. The number of benzene rings is 1. The van der Waals surface area contributed by atoms with E-state index < -0.39 is 0 Å². The van der Waals surface area contributed by atoms with Crippen LogP contribution < -0.4 is 0 Å². The summed E-state index contributed by atoms with van der Waals surface area (Å²) in [5, 5.41) is 1.42. The first-order chi connectivity index (χ1) is 10.7. The molecule has 0 atom stereocenters. The fourth-order valence-electron chi connectivity index (χ4n) is 4.14. The van der Waals surface area contributed by atoms with Gasteiger partial charge in [0.05, 0.1) is 13.2 Å². The van der Waals surface area contributed by atoms with Crippen molar-refractivity contribution in [2.24, 2.45) is 0 Å². The average molecular weight is 299 g/mol. The molecule has 0 amide bonds. The molecular formula is C19H25NO2. The van der Waals surface area contributed by atoms with Crippen LogP contribution in [0.3, 0.4) is 0 Å². The van der Waals surface area contributed by atoms with Gasteiger partial charge in [0, 0.05) is 36.0 Å². The second-order valence-electron chi connectivity index (χ2n) is 6.98. The maximum absolute atomic E-state index is 5.87. The number of nitrogens with zero attached hydrogens (tertiary/aromatic N) is 1. The highest BCUT2D eigenvalue weighted by molar-refractivity contribution is 5.84. The van der Waals surface area contributed by atoms with Crippen molar-refractivity contribution in [3.8, 4) is 0 Å². The average Bonchev–Trinajstić information content (AvgIpc) is 3.14. The van der Waals surface area contributed by atoms with E-state index in [-0.39, 0.29) is 5.79 Å². The minimum atomic E-state index is -0.257. The van der Waals surface area contributed by atoms with Gasteiger partial charge >= 0.3 is 0 Å². The molecule has 2 heterocycles. The number of ether oxygens (including phenoxy) is 2. The normalized spacial score (nSPS) is 22.1. The molecule has 3 heteroatoms. The lowest BCUT2D eigenvalue weighted by atomic mass is 9.81. The summed E-state index contributed by atoms with van der Waals surface area (Å²) in [7, 11) is 0. The number of hydrogen-bond acceptors (Lipinski definition) is 2. The lowest BCUT2D eigenvalue weighted by Crippen LogP contribution is -2.34. The van der Waals surface area contributed by atoms with E-state index in [9.17, 15) is 0 Å². The molecule has 0 unspecified atom stereocenters. The van der Waals surface area contributed by atoms with Crippen LogP contribution in [-0.2, 0) is 9.47 Å². The van der Waals surface area contributed by atoms with Crippen molar-refractivity contribution in [1.82, 2.24) is 4.57 Å². The summed E-state index contributed by atoms with van der Waals surface area (Å²) in [4.78, 5) is 0. The first-order valence-corrected chi connectivity index (χ1v) is 8.56. The molecule has 1 saturated heterocycles. The minimum Gasteiger partial charge on any atom is -0.348 e. The summed E-state index contributed by atoms with van der Waals surface area (Å²) in [6.07, 6.45) is 6.75. The molecule has 0 bridgehead atoms. The van der Waals surface area contributed by atoms with E-state index >= 15 is 0 Å². The van der Waals surface area contributed by atoms with Gasteiger partial charge in [-0.2, -0.15) is 0 Å². The highest BCUT2D eigenvalue weighted by atomic mass is 16.7. The van der Waals surface area contributed by atoms with Gasteiger partial charge < -0.3 is 14.0 Å². The summed E-state index contributed by atoms with van der Waals surface area (Å²) < 4.78 is 14.2. The van der Waals surface area contributed by atoms with Crippen LogP contribution in [-0.4, -0.2) is 23.6 Å². The highest BCUT2D eigenvalue weighted by Crippen LogP contribution is 2.44. The fraction of sp³-hybridized carbons (Fsp3) is 0.579. The first kappa shape index (κ1) is 14.3. The summed E-state index contributed by atoms with van der Waals surface area (Å²) in [6.45, 7) is 6.03. The molecule has 3 nitrogen and oxygen atoms in total. The lowest BCUT2D eigenvalue weighted by molar-refractivity contribution is -0.178. The maximum Gasteiger partial charge on any atom is 0.168 e. The highest BCUT2D eigenvalue weighted by Gasteiger charge is 2.41. The number of para-hydroxylation sites is 1. The molecule has 118 valence electrons. The van der Waals surface area contributed by atoms with E-state index in [0.717, 1.165) is 38.9 Å². The van der Waals surface area contributed by atoms with Crippen LogP contribution in [0, 0.1) is 0 Å². The Bertz CT molecular complexity index is 657. The molecule has 0 N–H and O–H groups in total. The SMILES string of the molecule is CC(C)n1cc(C2CCC3(CC2)OCCO3)c2ccccc21. The Labute approximate surface area is 132 Å². The van der Waals surface area contributed by atoms with E-state index in [1.807, 2.05) is 0 Å². The van der Waals surface area contributed by atoms with Gasteiger partial charge in [0.2, 0.25) is 0 Å². The van der Waals surface area contributed by atoms with E-state index in [1.54, 1.807) is 0 Å². The Morgan fingerprint density at radius 3 is 2.45 bits per heavy atom. The Morgan fingerprint density at radius 1 is 1.09 bits per heavy atom. The van der Waals surface area contributed by atoms with Crippen LogP contribution in [0.5, 0.6) is 0 Å². The smallest absolute Gasteiger partial charge is 0.168 e. The zero-order valence-electron chi connectivity index (χ0n) is 13.5. The summed E-state index contributed by atoms with van der Waals surface area (Å²) in [5.74, 6) is 0.371. The van der Waals surface area contributed by atoms with Crippen molar-refractivity contribution in [2.75, 3.05) is 13.2 Å². The monoisotopic (exact) mass is 299 g/mol. The van der Waals surface area contributed by atoms with Gasteiger partial charge in [-0.25, -0.2) is 0 Å². The molecule has 1 aliphatic carbocycles. The predicted octanol–water partition coefficient (Wildman–Crippen LogP) is 4.62. The molecule has 1 aliphatic heterocycles. The van der Waals surface area contributed by atoms with Gasteiger partial charge in [-0.15, -0.1) is 0 Å². The van der Waals surface area contributed by atoms with Crippen LogP contribution in [0.15, 0.2) is 30.5 Å². The third-order valence-electron chi connectivity index (χ3n) is 5.33. The zero-order chi connectivity index (χ0) is 15.2. The zero-order valence-corrected chi connectivity index (χ0v) is 13.5. The Kier molecular flexibility index (Phi) is 3.50. The summed E-state index contributed by atoms with van der Waals surface area (Å²) in [6, 6.07) is 9.31. The topological polar surface area (TPSA) is 23.4 Å². The van der Waals surface area contributed by atoms with Crippen LogP contribution in [0.1, 0.15) is 57.1 Å². The number of aromatic nitrogens is 1. The van der Waals surface area contributed by atoms with Crippen molar-refractivity contribution in [1.29, 1.82) is 0 Å². The number of hydrogen-bond donors (Lipinski definition) is 0. The van der Waals surface area contributed by atoms with Gasteiger partial charge in [-0.1, -0.05) is 18.2 Å². The molecule has 1 aromatic heterocycles. The summed E-state index contributed by atoms with van der Waals surface area (Å²) in [5.41, 5.74) is 2.87. The second kappa shape index (κ2) is 5.39. The molecular weight excluding hydrogens is 274 g/mol.